The van der Waals surface area contributed by atoms with Crippen molar-refractivity contribution in [2.75, 3.05) is 0 Å². The minimum absolute atomic E-state index is 0.523. The lowest BCUT2D eigenvalue weighted by atomic mass is 9.97. The van der Waals surface area contributed by atoms with E-state index in [1.54, 1.807) is 0 Å². The van der Waals surface area contributed by atoms with Crippen molar-refractivity contribution in [3.63, 3.8) is 0 Å². The molecule has 0 bridgehead atoms. The third-order valence-electron chi connectivity index (χ3n) is 3.26. The molecular formula is C15H21N. The minimum atomic E-state index is 0.523. The van der Waals surface area contributed by atoms with E-state index in [2.05, 4.69) is 69.1 Å². The van der Waals surface area contributed by atoms with Crippen LogP contribution in [0, 0.1) is 5.92 Å². The van der Waals surface area contributed by atoms with Gasteiger partial charge in [-0.25, -0.2) is 0 Å². The molecule has 86 valence electrons. The van der Waals surface area contributed by atoms with Crippen molar-refractivity contribution in [2.45, 2.75) is 39.8 Å². The Balaban J connectivity index is 2.54. The summed E-state index contributed by atoms with van der Waals surface area (Å²) in [6.07, 6.45) is 4.71. The second-order valence-electron chi connectivity index (χ2n) is 5.20. The van der Waals surface area contributed by atoms with Gasteiger partial charge >= 0.3 is 0 Å². The van der Waals surface area contributed by atoms with Crippen molar-refractivity contribution in [1.82, 2.24) is 4.90 Å². The molecule has 0 saturated heterocycles. The van der Waals surface area contributed by atoms with Crippen LogP contribution in [-0.2, 0) is 0 Å². The largest absolute Gasteiger partial charge is 0.368 e. The molecule has 0 aliphatic carbocycles. The molecule has 0 amide bonds. The van der Waals surface area contributed by atoms with Gasteiger partial charge in [-0.15, -0.1) is 0 Å². The molecule has 2 rings (SSSR count). The van der Waals surface area contributed by atoms with Crippen LogP contribution in [0.15, 0.2) is 24.3 Å². The van der Waals surface area contributed by atoms with E-state index in [1.165, 1.54) is 10.4 Å². The van der Waals surface area contributed by atoms with Gasteiger partial charge in [-0.05, 0) is 30.2 Å². The van der Waals surface area contributed by atoms with Crippen LogP contribution in [0.25, 0.3) is 12.3 Å². The first-order valence-corrected chi connectivity index (χ1v) is 6.16. The van der Waals surface area contributed by atoms with Gasteiger partial charge in [0.25, 0.3) is 0 Å². The second kappa shape index (κ2) is 4.32. The number of benzene rings is 1. The van der Waals surface area contributed by atoms with E-state index < -0.39 is 0 Å². The number of rotatable bonds is 2. The molecule has 16 heavy (non-hydrogen) atoms. The van der Waals surface area contributed by atoms with Gasteiger partial charge in [0, 0.05) is 12.2 Å². The quantitative estimate of drug-likeness (QED) is 0.729. The average Bonchev–Trinajstić information content (AvgIpc) is 2.27. The first-order chi connectivity index (χ1) is 7.59. The average molecular weight is 215 g/mol. The van der Waals surface area contributed by atoms with Gasteiger partial charge in [-0.2, -0.15) is 0 Å². The number of nitrogens with zero attached hydrogens (tertiary/aromatic N) is 1. The molecule has 1 aliphatic heterocycles. The Morgan fingerprint density at radius 3 is 2.19 bits per heavy atom. The van der Waals surface area contributed by atoms with Crippen molar-refractivity contribution in [3.8, 4) is 0 Å². The van der Waals surface area contributed by atoms with E-state index in [4.69, 9.17) is 0 Å². The van der Waals surface area contributed by atoms with E-state index in [0.29, 0.717) is 18.0 Å². The van der Waals surface area contributed by atoms with Gasteiger partial charge in [-0.1, -0.05) is 44.2 Å². The lowest BCUT2D eigenvalue weighted by molar-refractivity contribution is 0.253. The molecule has 0 aromatic heterocycles. The molecule has 0 fully saturated rings. The summed E-state index contributed by atoms with van der Waals surface area (Å²) in [5.41, 5.74) is 0. The van der Waals surface area contributed by atoms with Gasteiger partial charge in [-0.3, -0.25) is 0 Å². The summed E-state index contributed by atoms with van der Waals surface area (Å²) >= 11 is 0. The highest BCUT2D eigenvalue weighted by Gasteiger charge is 2.21. The van der Waals surface area contributed by atoms with E-state index in [9.17, 15) is 0 Å². The molecular weight excluding hydrogens is 194 g/mol. The maximum atomic E-state index is 2.47. The zero-order valence-electron chi connectivity index (χ0n) is 10.6. The zero-order valence-corrected chi connectivity index (χ0v) is 10.6. The van der Waals surface area contributed by atoms with Crippen LogP contribution in [0.2, 0.25) is 0 Å². The molecule has 1 aliphatic rings. The van der Waals surface area contributed by atoms with Crippen molar-refractivity contribution >= 4 is 12.3 Å². The van der Waals surface area contributed by atoms with Crippen molar-refractivity contribution in [1.29, 1.82) is 0 Å². The molecule has 1 atom stereocenters. The fourth-order valence-corrected chi connectivity index (χ4v) is 2.33. The third kappa shape index (κ3) is 1.99. The topological polar surface area (TPSA) is 3.24 Å². The Labute approximate surface area is 98.1 Å². The maximum Gasteiger partial charge on any atom is 0.0502 e. The summed E-state index contributed by atoms with van der Waals surface area (Å²) in [5.74, 6) is 0.645. The number of hydrogen-bond donors (Lipinski definition) is 0. The highest BCUT2D eigenvalue weighted by atomic mass is 15.2. The fraction of sp³-hybridized carbons (Fsp3) is 0.467. The van der Waals surface area contributed by atoms with Gasteiger partial charge in [0.1, 0.15) is 0 Å². The lowest BCUT2D eigenvalue weighted by Crippen LogP contribution is -2.46. The first kappa shape index (κ1) is 11.3. The lowest BCUT2D eigenvalue weighted by Gasteiger charge is -2.36. The Morgan fingerprint density at radius 1 is 1.00 bits per heavy atom. The summed E-state index contributed by atoms with van der Waals surface area (Å²) < 4.78 is 0. The van der Waals surface area contributed by atoms with Crippen molar-refractivity contribution in [2.24, 2.45) is 5.92 Å². The molecule has 0 saturated carbocycles. The first-order valence-electron chi connectivity index (χ1n) is 6.16. The molecule has 1 heterocycles. The number of hydrogen-bond acceptors (Lipinski definition) is 1. The molecule has 1 nitrogen and oxygen atoms in total. The summed E-state index contributed by atoms with van der Waals surface area (Å²) in [6.45, 7) is 9.10. The van der Waals surface area contributed by atoms with Crippen LogP contribution in [0.1, 0.15) is 27.7 Å². The zero-order chi connectivity index (χ0) is 11.7. The third-order valence-corrected chi connectivity index (χ3v) is 3.26. The van der Waals surface area contributed by atoms with E-state index in [0.717, 1.165) is 0 Å². The molecule has 0 N–H and O–H groups in total. The fourth-order valence-electron chi connectivity index (χ4n) is 2.33. The summed E-state index contributed by atoms with van der Waals surface area (Å²) in [6, 6.07) is 9.70. The van der Waals surface area contributed by atoms with Crippen LogP contribution in [-0.4, -0.2) is 17.0 Å². The molecule has 1 unspecified atom stereocenters. The van der Waals surface area contributed by atoms with Crippen LogP contribution in [0.3, 0.4) is 0 Å². The van der Waals surface area contributed by atoms with Crippen LogP contribution >= 0.6 is 0 Å². The normalized spacial score (nSPS) is 19.4. The second-order valence-corrected chi connectivity index (χ2v) is 5.20. The Kier molecular flexibility index (Phi) is 3.04. The predicted octanol–water partition coefficient (Wildman–Crippen LogP) is 1.95. The van der Waals surface area contributed by atoms with Gasteiger partial charge in [0.2, 0.25) is 0 Å². The SMILES string of the molecule is CC(C)C1C=c2ccccc2=CN1C(C)C. The molecule has 0 radical (unpaired) electrons. The van der Waals surface area contributed by atoms with E-state index in [1.807, 2.05) is 0 Å². The Bertz CT molecular complexity index is 425. The van der Waals surface area contributed by atoms with Gasteiger partial charge in [0.15, 0.2) is 0 Å². The van der Waals surface area contributed by atoms with Crippen molar-refractivity contribution < 1.29 is 0 Å². The summed E-state index contributed by atoms with van der Waals surface area (Å²) in [5, 5.41) is 2.71. The molecule has 1 aromatic carbocycles. The summed E-state index contributed by atoms with van der Waals surface area (Å²) in [4.78, 5) is 2.47. The Hall–Kier alpha value is -1.24. The standard InChI is InChI=1S/C15H21N/c1-11(2)15-9-13-7-5-6-8-14(13)10-16(15)12(3)4/h5-12,15H,1-4H3. The summed E-state index contributed by atoms with van der Waals surface area (Å²) in [7, 11) is 0. The number of fused-ring (bicyclic) bond motifs is 1. The van der Waals surface area contributed by atoms with E-state index >= 15 is 0 Å². The van der Waals surface area contributed by atoms with E-state index in [-0.39, 0.29) is 0 Å². The highest BCUT2D eigenvalue weighted by molar-refractivity contribution is 5.42. The Morgan fingerprint density at radius 2 is 1.62 bits per heavy atom. The highest BCUT2D eigenvalue weighted by Crippen LogP contribution is 2.17. The molecule has 0 spiro atoms. The smallest absolute Gasteiger partial charge is 0.0502 e. The van der Waals surface area contributed by atoms with Crippen LogP contribution < -0.4 is 10.4 Å². The van der Waals surface area contributed by atoms with Gasteiger partial charge < -0.3 is 4.90 Å². The van der Waals surface area contributed by atoms with Crippen LogP contribution in [0.5, 0.6) is 0 Å². The maximum absolute atomic E-state index is 2.47. The monoisotopic (exact) mass is 215 g/mol. The minimum Gasteiger partial charge on any atom is -0.368 e. The molecule has 1 aromatic rings. The van der Waals surface area contributed by atoms with Gasteiger partial charge in [0.05, 0.1) is 6.04 Å². The van der Waals surface area contributed by atoms with Crippen molar-refractivity contribution in [3.05, 3.63) is 34.7 Å². The van der Waals surface area contributed by atoms with Crippen LogP contribution in [0.4, 0.5) is 0 Å². The predicted molar refractivity (Wildman–Crippen MR) is 70.2 cm³/mol. The molecule has 1 heteroatoms.